The van der Waals surface area contributed by atoms with E-state index in [-0.39, 0.29) is 5.91 Å². The Morgan fingerprint density at radius 2 is 2.36 bits per heavy atom. The zero-order valence-corrected chi connectivity index (χ0v) is 7.75. The first-order valence-electron chi connectivity index (χ1n) is 4.23. The number of rotatable bonds is 4. The lowest BCUT2D eigenvalue weighted by atomic mass is 9.87. The summed E-state index contributed by atoms with van der Waals surface area (Å²) in [5.41, 5.74) is 0. The van der Waals surface area contributed by atoms with Gasteiger partial charge in [0, 0.05) is 12.2 Å². The molecule has 1 amide bonds. The molecule has 1 fully saturated rings. The Morgan fingerprint density at radius 3 is 2.82 bits per heavy atom. The van der Waals surface area contributed by atoms with Crippen LogP contribution in [-0.2, 0) is 4.79 Å². The van der Waals surface area contributed by atoms with Crippen LogP contribution in [0.1, 0.15) is 32.6 Å². The molecule has 0 heterocycles. The van der Waals surface area contributed by atoms with E-state index in [1.54, 1.807) is 11.9 Å². The lowest BCUT2D eigenvalue weighted by Gasteiger charge is -2.24. The molecule has 2 nitrogen and oxygen atoms in total. The van der Waals surface area contributed by atoms with E-state index in [0.29, 0.717) is 6.42 Å². The van der Waals surface area contributed by atoms with Gasteiger partial charge in [-0.1, -0.05) is 25.3 Å². The van der Waals surface area contributed by atoms with Gasteiger partial charge in [-0.2, -0.15) is 0 Å². The zero-order chi connectivity index (χ0) is 8.10. The molecule has 64 valence electrons. The Balaban J connectivity index is 1.90. The topological polar surface area (TPSA) is 29.1 Å². The van der Waals surface area contributed by atoms with Gasteiger partial charge in [-0.3, -0.25) is 4.79 Å². The second-order valence-electron chi connectivity index (χ2n) is 2.99. The Morgan fingerprint density at radius 1 is 1.64 bits per heavy atom. The number of hydrogen-bond donors (Lipinski definition) is 1. The van der Waals surface area contributed by atoms with Crippen molar-refractivity contribution in [3.05, 3.63) is 0 Å². The van der Waals surface area contributed by atoms with E-state index in [1.807, 2.05) is 6.92 Å². The van der Waals surface area contributed by atoms with Crippen molar-refractivity contribution in [2.45, 2.75) is 32.6 Å². The molecule has 1 aliphatic rings. The van der Waals surface area contributed by atoms with Crippen molar-refractivity contribution in [3.8, 4) is 0 Å². The van der Waals surface area contributed by atoms with Gasteiger partial charge < -0.3 is 4.72 Å². The summed E-state index contributed by atoms with van der Waals surface area (Å²) in [5.74, 6) is 2.12. The van der Waals surface area contributed by atoms with Crippen LogP contribution in [0.15, 0.2) is 0 Å². The van der Waals surface area contributed by atoms with Gasteiger partial charge in [0.05, 0.1) is 0 Å². The van der Waals surface area contributed by atoms with Crippen LogP contribution in [0.25, 0.3) is 0 Å². The molecule has 1 saturated carbocycles. The predicted octanol–water partition coefficient (Wildman–Crippen LogP) is 1.96. The quantitative estimate of drug-likeness (QED) is 0.658. The second kappa shape index (κ2) is 4.65. The van der Waals surface area contributed by atoms with Crippen molar-refractivity contribution in [3.63, 3.8) is 0 Å². The summed E-state index contributed by atoms with van der Waals surface area (Å²) in [5, 5.41) is 0. The molecule has 0 aromatic rings. The first-order valence-corrected chi connectivity index (χ1v) is 5.22. The molecule has 3 heteroatoms. The number of nitrogens with one attached hydrogen (secondary N) is 1. The monoisotopic (exact) mass is 173 g/mol. The van der Waals surface area contributed by atoms with E-state index in [4.69, 9.17) is 0 Å². The summed E-state index contributed by atoms with van der Waals surface area (Å²) in [6.45, 7) is 1.87. The van der Waals surface area contributed by atoms with Gasteiger partial charge >= 0.3 is 0 Å². The van der Waals surface area contributed by atoms with Gasteiger partial charge in [0.2, 0.25) is 5.91 Å². The Kier molecular flexibility index (Phi) is 3.77. The molecule has 0 atom stereocenters. The van der Waals surface area contributed by atoms with Crippen LogP contribution in [0.4, 0.5) is 0 Å². The Labute approximate surface area is 72.3 Å². The zero-order valence-electron chi connectivity index (χ0n) is 6.93. The minimum absolute atomic E-state index is 0.148. The molecule has 0 aromatic heterocycles. The number of amides is 1. The first-order chi connectivity index (χ1) is 5.33. The Bertz CT molecular complexity index is 134. The van der Waals surface area contributed by atoms with Crippen molar-refractivity contribution in [1.29, 1.82) is 0 Å². The highest BCUT2D eigenvalue weighted by atomic mass is 32.2. The third-order valence-corrected chi connectivity index (χ3v) is 3.06. The van der Waals surface area contributed by atoms with Crippen LogP contribution < -0.4 is 4.72 Å². The maximum absolute atomic E-state index is 10.8. The Hall–Kier alpha value is -0.180. The van der Waals surface area contributed by atoms with E-state index in [1.165, 1.54) is 19.3 Å². The molecule has 1 rings (SSSR count). The fraction of sp³-hybridized carbons (Fsp3) is 0.875. The van der Waals surface area contributed by atoms with Gasteiger partial charge in [0.15, 0.2) is 0 Å². The largest absolute Gasteiger partial charge is 0.300 e. The third kappa shape index (κ3) is 3.14. The molecule has 1 N–H and O–H groups in total. The number of hydrogen-bond acceptors (Lipinski definition) is 2. The number of carbonyl (C=O) groups excluding carboxylic acids is 1. The summed E-state index contributed by atoms with van der Waals surface area (Å²) >= 11 is 1.57. The summed E-state index contributed by atoms with van der Waals surface area (Å²) in [6.07, 6.45) is 4.69. The van der Waals surface area contributed by atoms with Crippen LogP contribution >= 0.6 is 11.9 Å². The van der Waals surface area contributed by atoms with Crippen molar-refractivity contribution < 1.29 is 4.79 Å². The predicted molar refractivity (Wildman–Crippen MR) is 48.2 cm³/mol. The molecule has 0 radical (unpaired) electrons. The molecule has 0 aromatic carbocycles. The minimum Gasteiger partial charge on any atom is -0.300 e. The molecule has 11 heavy (non-hydrogen) atoms. The van der Waals surface area contributed by atoms with Crippen molar-refractivity contribution in [2.24, 2.45) is 5.92 Å². The van der Waals surface area contributed by atoms with Crippen LogP contribution in [0.3, 0.4) is 0 Å². The van der Waals surface area contributed by atoms with Crippen molar-refractivity contribution >= 4 is 17.9 Å². The van der Waals surface area contributed by atoms with Crippen LogP contribution in [0, 0.1) is 5.92 Å². The molecule has 1 aliphatic carbocycles. The smallest absolute Gasteiger partial charge is 0.229 e. The van der Waals surface area contributed by atoms with Crippen LogP contribution in [0.2, 0.25) is 0 Å². The highest BCUT2D eigenvalue weighted by Crippen LogP contribution is 2.28. The van der Waals surface area contributed by atoms with Crippen molar-refractivity contribution in [2.75, 3.05) is 5.75 Å². The van der Waals surface area contributed by atoms with Crippen molar-refractivity contribution in [1.82, 2.24) is 4.72 Å². The molecule has 0 bridgehead atoms. The highest BCUT2D eigenvalue weighted by Gasteiger charge is 2.17. The van der Waals surface area contributed by atoms with Gasteiger partial charge in [-0.25, -0.2) is 0 Å². The maximum Gasteiger partial charge on any atom is 0.229 e. The maximum atomic E-state index is 10.8. The molecule has 0 aliphatic heterocycles. The molecule has 0 spiro atoms. The van der Waals surface area contributed by atoms with Gasteiger partial charge in [0.1, 0.15) is 0 Å². The van der Waals surface area contributed by atoms with Crippen LogP contribution in [-0.4, -0.2) is 11.7 Å². The summed E-state index contributed by atoms with van der Waals surface area (Å²) in [7, 11) is 0. The molecule has 0 saturated heterocycles. The average Bonchev–Trinajstić information content (AvgIpc) is 1.94. The van der Waals surface area contributed by atoms with Gasteiger partial charge in [-0.05, 0) is 18.8 Å². The molecule has 0 unspecified atom stereocenters. The normalized spacial score (nSPS) is 17.5. The SMILES string of the molecule is CCC(=O)NSCC1CCC1. The summed E-state index contributed by atoms with van der Waals surface area (Å²) in [6, 6.07) is 0. The van der Waals surface area contributed by atoms with Crippen LogP contribution in [0.5, 0.6) is 0 Å². The fourth-order valence-corrected chi connectivity index (χ4v) is 1.93. The van der Waals surface area contributed by atoms with E-state index in [2.05, 4.69) is 4.72 Å². The number of carbonyl (C=O) groups is 1. The molecular formula is C8H15NOS. The molecular weight excluding hydrogens is 158 g/mol. The van der Waals surface area contributed by atoms with E-state index in [0.717, 1.165) is 11.7 Å². The van der Waals surface area contributed by atoms with E-state index >= 15 is 0 Å². The minimum atomic E-state index is 0.148. The second-order valence-corrected chi connectivity index (χ2v) is 3.81. The van der Waals surface area contributed by atoms with E-state index in [9.17, 15) is 4.79 Å². The lowest BCUT2D eigenvalue weighted by molar-refractivity contribution is -0.118. The standard InChI is InChI=1S/C8H15NOS/c1-2-8(10)9-11-6-7-4-3-5-7/h7H,2-6H2,1H3,(H,9,10). The van der Waals surface area contributed by atoms with Gasteiger partial charge in [-0.15, -0.1) is 0 Å². The fourth-order valence-electron chi connectivity index (χ4n) is 0.972. The lowest BCUT2D eigenvalue weighted by Crippen LogP contribution is -2.20. The summed E-state index contributed by atoms with van der Waals surface area (Å²) in [4.78, 5) is 10.8. The third-order valence-electron chi connectivity index (χ3n) is 2.05. The average molecular weight is 173 g/mol. The first kappa shape index (κ1) is 8.91. The van der Waals surface area contributed by atoms with Gasteiger partial charge in [0.25, 0.3) is 0 Å². The van der Waals surface area contributed by atoms with E-state index < -0.39 is 0 Å². The highest BCUT2D eigenvalue weighted by molar-refractivity contribution is 7.97. The summed E-state index contributed by atoms with van der Waals surface area (Å²) < 4.78 is 2.81.